The molecule has 3 amide bonds. The zero-order chi connectivity index (χ0) is 23.8. The van der Waals surface area contributed by atoms with Gasteiger partial charge in [0.2, 0.25) is 5.91 Å². The van der Waals surface area contributed by atoms with Crippen molar-refractivity contribution in [2.45, 2.75) is 64.8 Å². The lowest BCUT2D eigenvalue weighted by Crippen LogP contribution is -2.49. The molecule has 1 aromatic rings. The van der Waals surface area contributed by atoms with Gasteiger partial charge in [0.25, 0.3) is 0 Å². The van der Waals surface area contributed by atoms with Crippen LogP contribution < -0.4 is 14.8 Å². The number of nitrogens with one attached hydrogen (secondary N) is 2. The second kappa shape index (κ2) is 11.8. The lowest BCUT2D eigenvalue weighted by atomic mass is 10.1. The van der Waals surface area contributed by atoms with E-state index in [9.17, 15) is 18.2 Å². The van der Waals surface area contributed by atoms with E-state index in [1.54, 1.807) is 17.0 Å². The molecule has 33 heavy (non-hydrogen) atoms. The Bertz CT molecular complexity index is 957. The summed E-state index contributed by atoms with van der Waals surface area (Å²) in [5.41, 5.74) is 0.838. The van der Waals surface area contributed by atoms with Crippen molar-refractivity contribution in [1.82, 2.24) is 14.9 Å². The summed E-state index contributed by atoms with van der Waals surface area (Å²) in [5.74, 6) is 0.686. The molecule has 1 aliphatic carbocycles. The first-order chi connectivity index (χ1) is 15.8. The van der Waals surface area contributed by atoms with Crippen molar-refractivity contribution in [3.05, 3.63) is 29.6 Å². The summed E-state index contributed by atoms with van der Waals surface area (Å²) in [6, 6.07) is 4.27. The van der Waals surface area contributed by atoms with Gasteiger partial charge >= 0.3 is 6.03 Å². The Morgan fingerprint density at radius 2 is 2.09 bits per heavy atom. The predicted octanol–water partition coefficient (Wildman–Crippen LogP) is 3.79. The molecule has 1 saturated heterocycles. The fourth-order valence-corrected chi connectivity index (χ4v) is 6.11. The molecule has 3 rings (SSSR count). The Balaban J connectivity index is 1.49. The van der Waals surface area contributed by atoms with E-state index in [1.165, 1.54) is 6.07 Å². The second-order valence-corrected chi connectivity index (χ2v) is 11.4. The van der Waals surface area contributed by atoms with Crippen LogP contribution >= 0.6 is 0 Å². The third-order valence-electron chi connectivity index (χ3n) is 5.96. The average Bonchev–Trinajstić information content (AvgIpc) is 3.59. The second-order valence-electron chi connectivity index (χ2n) is 8.94. The Hall–Kier alpha value is -2.13. The number of hydrogen-bond acceptors (Lipinski definition) is 4. The van der Waals surface area contributed by atoms with Gasteiger partial charge in [0.1, 0.15) is 0 Å². The van der Waals surface area contributed by atoms with Gasteiger partial charge in [-0.25, -0.2) is 13.9 Å². The first-order valence-corrected chi connectivity index (χ1v) is 13.7. The molecule has 0 radical (unpaired) electrons. The van der Waals surface area contributed by atoms with Crippen LogP contribution in [0.4, 0.5) is 9.18 Å². The summed E-state index contributed by atoms with van der Waals surface area (Å²) in [5, 5.41) is 4.16. The lowest BCUT2D eigenvalue weighted by molar-refractivity contribution is -0.121. The first-order valence-electron chi connectivity index (χ1n) is 11.9. The van der Waals surface area contributed by atoms with E-state index in [4.69, 9.17) is 4.74 Å². The van der Waals surface area contributed by atoms with Crippen LogP contribution in [0.1, 0.15) is 70.4 Å². The van der Waals surface area contributed by atoms with Crippen LogP contribution in [0.3, 0.4) is 0 Å². The maximum Gasteiger partial charge on any atom is 0.324 e. The van der Waals surface area contributed by atoms with E-state index < -0.39 is 9.71 Å². The molecule has 0 bridgehead atoms. The molecule has 1 aliphatic heterocycles. The van der Waals surface area contributed by atoms with E-state index in [-0.39, 0.29) is 29.5 Å². The molecule has 2 N–H and O–H groups in total. The average molecular weight is 482 g/mol. The molecular formula is C24H36FN3O4S. The topological polar surface area (TPSA) is 87.7 Å². The van der Waals surface area contributed by atoms with Gasteiger partial charge in [-0.1, -0.05) is 19.4 Å². The van der Waals surface area contributed by atoms with Crippen LogP contribution in [0.2, 0.25) is 0 Å². The molecule has 1 heterocycles. The quantitative estimate of drug-likeness (QED) is 0.331. The van der Waals surface area contributed by atoms with Crippen molar-refractivity contribution in [3.8, 4) is 5.75 Å². The predicted molar refractivity (Wildman–Crippen MR) is 129 cm³/mol. The molecule has 2 fully saturated rings. The first kappa shape index (κ1) is 25.5. The number of nitrogens with zero attached hydrogens (tertiary/aromatic N) is 1. The van der Waals surface area contributed by atoms with Crippen LogP contribution in [0.5, 0.6) is 5.75 Å². The van der Waals surface area contributed by atoms with Crippen LogP contribution in [0.25, 0.3) is 0 Å². The van der Waals surface area contributed by atoms with Gasteiger partial charge in [-0.05, 0) is 68.0 Å². The van der Waals surface area contributed by atoms with Crippen molar-refractivity contribution in [1.29, 1.82) is 0 Å². The molecule has 184 valence electrons. The molecule has 1 saturated carbocycles. The molecule has 1 aromatic carbocycles. The van der Waals surface area contributed by atoms with Crippen molar-refractivity contribution < 1.29 is 22.9 Å². The smallest absolute Gasteiger partial charge is 0.324 e. The highest BCUT2D eigenvalue weighted by Crippen LogP contribution is 2.31. The fraction of sp³-hybridized carbons (Fsp3) is 0.625. The minimum Gasteiger partial charge on any atom is -0.490 e. The van der Waals surface area contributed by atoms with Gasteiger partial charge in [0.15, 0.2) is 11.6 Å². The molecule has 7 nitrogen and oxygen atoms in total. The number of unbranched alkanes of at least 4 members (excludes halogenated alkanes) is 2. The fourth-order valence-electron chi connectivity index (χ4n) is 3.83. The summed E-state index contributed by atoms with van der Waals surface area (Å²) in [7, 11) is -2.40. The van der Waals surface area contributed by atoms with E-state index >= 15 is 0 Å². The van der Waals surface area contributed by atoms with Crippen LogP contribution in [-0.4, -0.2) is 51.9 Å². The number of imide groups is 1. The number of urea groups is 1. The highest BCUT2D eigenvalue weighted by atomic mass is 32.2. The van der Waals surface area contributed by atoms with Crippen LogP contribution in [0, 0.1) is 11.7 Å². The maximum atomic E-state index is 14.1. The third kappa shape index (κ3) is 7.99. The number of rotatable bonds is 13. The highest BCUT2D eigenvalue weighted by molar-refractivity contribution is 7.99. The zero-order valence-corrected chi connectivity index (χ0v) is 20.4. The summed E-state index contributed by atoms with van der Waals surface area (Å²) < 4.78 is 36.6. The number of carbonyl (C=O) groups is 2. The van der Waals surface area contributed by atoms with Gasteiger partial charge in [0, 0.05) is 41.0 Å². The van der Waals surface area contributed by atoms with E-state index in [2.05, 4.69) is 10.0 Å². The minimum absolute atomic E-state index is 0.223. The Labute approximate surface area is 196 Å². The standard InChI is InChI=1S/C24H36FN3O4S/c1-3-14-33(31,15-6-4-5-12-28-13-11-23(29)26-24(28)30)27-18(2)20-9-10-21(25)22(16-20)32-17-19-7-8-19/h9-10,14,16,18-19H,3-8,11-13,15,17H2,1-2H3,(H,27,31)(H,26,29,30)/t18-,33?/m1/s1. The highest BCUT2D eigenvalue weighted by Gasteiger charge is 2.23. The third-order valence-corrected chi connectivity index (χ3v) is 8.48. The van der Waals surface area contributed by atoms with Gasteiger partial charge in [-0.2, -0.15) is 0 Å². The van der Waals surface area contributed by atoms with Gasteiger partial charge < -0.3 is 9.64 Å². The largest absolute Gasteiger partial charge is 0.490 e. The minimum atomic E-state index is -2.40. The molecule has 0 aromatic heterocycles. The van der Waals surface area contributed by atoms with Crippen molar-refractivity contribution in [3.63, 3.8) is 0 Å². The number of halogens is 1. The molecule has 1 unspecified atom stereocenters. The SMILES string of the molecule is CCC=S(=O)(CCCCCN1CCC(=O)NC1=O)N[C@H](C)c1ccc(F)c(OCC2CC2)c1. The van der Waals surface area contributed by atoms with E-state index in [0.29, 0.717) is 44.2 Å². The Kier molecular flexibility index (Phi) is 9.14. The molecular weight excluding hydrogens is 445 g/mol. The molecule has 9 heteroatoms. The van der Waals surface area contributed by atoms with Crippen LogP contribution in [-0.2, 0) is 14.5 Å². The maximum absolute atomic E-state index is 14.1. The van der Waals surface area contributed by atoms with Crippen molar-refractivity contribution >= 4 is 27.0 Å². The summed E-state index contributed by atoms with van der Waals surface area (Å²) in [6.45, 7) is 5.47. The van der Waals surface area contributed by atoms with E-state index in [1.807, 2.05) is 19.2 Å². The monoisotopic (exact) mass is 481 g/mol. The molecule has 2 atom stereocenters. The normalized spacial score (nSPS) is 19.1. The summed E-state index contributed by atoms with van der Waals surface area (Å²) in [6.07, 6.45) is 5.67. The Morgan fingerprint density at radius 3 is 2.79 bits per heavy atom. The van der Waals surface area contributed by atoms with Crippen molar-refractivity contribution in [2.24, 2.45) is 5.92 Å². The van der Waals surface area contributed by atoms with Crippen LogP contribution in [0.15, 0.2) is 18.2 Å². The number of amides is 3. The van der Waals surface area contributed by atoms with Gasteiger partial charge in [-0.3, -0.25) is 14.3 Å². The number of ether oxygens (including phenoxy) is 1. The molecule has 2 aliphatic rings. The summed E-state index contributed by atoms with van der Waals surface area (Å²) in [4.78, 5) is 24.7. The zero-order valence-electron chi connectivity index (χ0n) is 19.6. The number of carbonyl (C=O) groups excluding carboxylic acids is 2. The molecule has 0 spiro atoms. The Morgan fingerprint density at radius 1 is 1.30 bits per heavy atom. The summed E-state index contributed by atoms with van der Waals surface area (Å²) >= 11 is 0. The van der Waals surface area contributed by atoms with Crippen molar-refractivity contribution in [2.75, 3.05) is 25.4 Å². The van der Waals surface area contributed by atoms with E-state index in [0.717, 1.165) is 37.7 Å². The number of hydrogen-bond donors (Lipinski definition) is 2. The lowest BCUT2D eigenvalue weighted by Gasteiger charge is -2.26. The van der Waals surface area contributed by atoms with Gasteiger partial charge in [-0.15, -0.1) is 0 Å². The number of benzene rings is 1. The van der Waals surface area contributed by atoms with Gasteiger partial charge in [0.05, 0.1) is 6.61 Å².